The van der Waals surface area contributed by atoms with Gasteiger partial charge in [-0.2, -0.15) is 12.6 Å². The van der Waals surface area contributed by atoms with Crippen molar-refractivity contribution in [1.29, 1.82) is 0 Å². The highest BCUT2D eigenvalue weighted by molar-refractivity contribution is 7.80. The fraction of sp³-hybridized carbons (Fsp3) is 0.647. The van der Waals surface area contributed by atoms with E-state index in [1.54, 1.807) is 0 Å². The Balaban J connectivity index is 5.27. The molecule has 0 saturated heterocycles. The number of carbonyl (C=O) groups is 5. The molecule has 0 heterocycles. The lowest BCUT2D eigenvalue weighted by atomic mass is 10.1. The van der Waals surface area contributed by atoms with Crippen LogP contribution in [0, 0.1) is 0 Å². The number of thiol groups is 1. The molecule has 0 aromatic heterocycles. The summed E-state index contributed by atoms with van der Waals surface area (Å²) in [7, 11) is 0. The smallest absolute Gasteiger partial charge is 0.326 e. The number of primary amides is 1. The Morgan fingerprint density at radius 1 is 0.939 bits per heavy atom. The maximum atomic E-state index is 12.6. The minimum absolute atomic E-state index is 0.0400. The van der Waals surface area contributed by atoms with Gasteiger partial charge in [0.2, 0.25) is 23.6 Å². The van der Waals surface area contributed by atoms with Crippen molar-refractivity contribution in [2.45, 2.75) is 56.5 Å². The Bertz CT molecular complexity index is 745. The van der Waals surface area contributed by atoms with Crippen molar-refractivity contribution in [2.24, 2.45) is 27.9 Å². The van der Waals surface area contributed by atoms with Crippen molar-refractivity contribution in [3.8, 4) is 0 Å². The van der Waals surface area contributed by atoms with Gasteiger partial charge in [0.25, 0.3) is 0 Å². The molecular weight excluding hydrogens is 460 g/mol. The van der Waals surface area contributed by atoms with Gasteiger partial charge >= 0.3 is 5.97 Å². The number of guanidine groups is 1. The van der Waals surface area contributed by atoms with Gasteiger partial charge in [0.15, 0.2) is 5.96 Å². The van der Waals surface area contributed by atoms with E-state index in [0.717, 1.165) is 0 Å². The maximum Gasteiger partial charge on any atom is 0.326 e. The predicted octanol–water partition coefficient (Wildman–Crippen LogP) is -4.91. The van der Waals surface area contributed by atoms with Crippen LogP contribution in [0.2, 0.25) is 0 Å². The first-order valence-corrected chi connectivity index (χ1v) is 10.5. The molecule has 5 atom stereocenters. The van der Waals surface area contributed by atoms with Crippen LogP contribution in [-0.4, -0.2) is 88.3 Å². The maximum absolute atomic E-state index is 12.6. The van der Waals surface area contributed by atoms with Crippen LogP contribution in [0.25, 0.3) is 0 Å². The van der Waals surface area contributed by atoms with E-state index < -0.39 is 66.3 Å². The third-order valence-corrected chi connectivity index (χ3v) is 4.60. The SMILES string of the molecule is CC(O)C(N)C(=O)NC(CS)C(=O)NC(CC(N)=O)C(=O)NC(CCCN=C(N)N)C(=O)O. The van der Waals surface area contributed by atoms with E-state index in [2.05, 4.69) is 33.6 Å². The molecule has 0 aliphatic carbocycles. The monoisotopic (exact) mass is 492 g/mol. The van der Waals surface area contributed by atoms with Crippen molar-refractivity contribution >= 4 is 48.2 Å². The molecule has 0 aromatic carbocycles. The van der Waals surface area contributed by atoms with E-state index >= 15 is 0 Å². The van der Waals surface area contributed by atoms with Crippen molar-refractivity contribution in [2.75, 3.05) is 12.3 Å². The van der Waals surface area contributed by atoms with E-state index in [4.69, 9.17) is 22.9 Å². The average molecular weight is 493 g/mol. The summed E-state index contributed by atoms with van der Waals surface area (Å²) in [5, 5.41) is 25.4. The molecular formula is C17H32N8O7S. The molecule has 13 N–H and O–H groups in total. The first-order chi connectivity index (χ1) is 15.3. The van der Waals surface area contributed by atoms with Crippen LogP contribution in [0.5, 0.6) is 0 Å². The van der Waals surface area contributed by atoms with Crippen molar-refractivity contribution in [3.63, 3.8) is 0 Å². The molecule has 0 aliphatic rings. The number of aliphatic imine (C=N–C) groups is 1. The van der Waals surface area contributed by atoms with Gasteiger partial charge < -0.3 is 49.1 Å². The molecule has 15 nitrogen and oxygen atoms in total. The minimum atomic E-state index is -1.53. The molecule has 4 amide bonds. The van der Waals surface area contributed by atoms with Gasteiger partial charge in [-0.05, 0) is 19.8 Å². The Morgan fingerprint density at radius 2 is 1.45 bits per heavy atom. The second-order valence-corrected chi connectivity index (χ2v) is 7.46. The van der Waals surface area contributed by atoms with Crippen LogP contribution in [0.3, 0.4) is 0 Å². The molecule has 16 heteroatoms. The molecule has 0 radical (unpaired) electrons. The summed E-state index contributed by atoms with van der Waals surface area (Å²) in [6.45, 7) is 1.41. The van der Waals surface area contributed by atoms with Gasteiger partial charge in [-0.1, -0.05) is 0 Å². The van der Waals surface area contributed by atoms with Crippen LogP contribution in [0.4, 0.5) is 0 Å². The molecule has 0 aliphatic heterocycles. The fourth-order valence-electron chi connectivity index (χ4n) is 2.40. The molecule has 0 fully saturated rings. The van der Waals surface area contributed by atoms with E-state index in [1.807, 2.05) is 0 Å². The summed E-state index contributed by atoms with van der Waals surface area (Å²) in [4.78, 5) is 63.6. The highest BCUT2D eigenvalue weighted by Crippen LogP contribution is 2.02. The topological polar surface area (TPSA) is 278 Å². The summed E-state index contributed by atoms with van der Waals surface area (Å²) in [5.74, 6) is -5.42. The summed E-state index contributed by atoms with van der Waals surface area (Å²) in [5.41, 5.74) is 21.0. The fourth-order valence-corrected chi connectivity index (χ4v) is 2.65. The lowest BCUT2D eigenvalue weighted by Crippen LogP contribution is -2.59. The summed E-state index contributed by atoms with van der Waals surface area (Å²) < 4.78 is 0. The summed E-state index contributed by atoms with van der Waals surface area (Å²) >= 11 is 3.96. The minimum Gasteiger partial charge on any atom is -0.480 e. The van der Waals surface area contributed by atoms with Crippen molar-refractivity contribution in [3.05, 3.63) is 0 Å². The molecule has 0 saturated carbocycles. The lowest BCUT2D eigenvalue weighted by Gasteiger charge is -2.24. The first kappa shape index (κ1) is 29.9. The number of carboxylic acids is 1. The number of aliphatic carboxylic acids is 1. The van der Waals surface area contributed by atoms with Gasteiger partial charge in [0, 0.05) is 12.3 Å². The zero-order valence-electron chi connectivity index (χ0n) is 18.1. The van der Waals surface area contributed by atoms with Crippen LogP contribution in [0.1, 0.15) is 26.2 Å². The zero-order valence-corrected chi connectivity index (χ0v) is 19.0. The van der Waals surface area contributed by atoms with Gasteiger partial charge in [0.05, 0.1) is 12.5 Å². The van der Waals surface area contributed by atoms with E-state index in [0.29, 0.717) is 0 Å². The number of hydrogen-bond donors (Lipinski definition) is 10. The number of nitrogens with two attached hydrogens (primary N) is 4. The zero-order chi connectivity index (χ0) is 25.7. The Morgan fingerprint density at radius 3 is 1.91 bits per heavy atom. The normalized spacial score (nSPS) is 15.2. The molecule has 0 bridgehead atoms. The van der Waals surface area contributed by atoms with E-state index in [1.165, 1.54) is 6.92 Å². The highest BCUT2D eigenvalue weighted by atomic mass is 32.1. The quantitative estimate of drug-likeness (QED) is 0.0450. The molecule has 0 aromatic rings. The number of hydrogen-bond acceptors (Lipinski definition) is 9. The Kier molecular flexibility index (Phi) is 13.5. The molecule has 0 spiro atoms. The largest absolute Gasteiger partial charge is 0.480 e. The summed E-state index contributed by atoms with van der Waals surface area (Å²) in [6, 6.07) is -5.48. The van der Waals surface area contributed by atoms with Crippen LogP contribution >= 0.6 is 12.6 Å². The van der Waals surface area contributed by atoms with Gasteiger partial charge in [0.1, 0.15) is 24.2 Å². The number of nitrogens with zero attached hydrogens (tertiary/aromatic N) is 1. The number of nitrogens with one attached hydrogen (secondary N) is 3. The number of carboxylic acid groups (broad SMARTS) is 1. The van der Waals surface area contributed by atoms with Crippen molar-refractivity contribution < 1.29 is 34.2 Å². The molecule has 5 unspecified atom stereocenters. The van der Waals surface area contributed by atoms with E-state index in [9.17, 15) is 34.2 Å². The van der Waals surface area contributed by atoms with Crippen LogP contribution in [0.15, 0.2) is 4.99 Å². The predicted molar refractivity (Wildman–Crippen MR) is 121 cm³/mol. The van der Waals surface area contributed by atoms with Gasteiger partial charge in [-0.15, -0.1) is 0 Å². The second kappa shape index (κ2) is 14.9. The highest BCUT2D eigenvalue weighted by Gasteiger charge is 2.31. The third kappa shape index (κ3) is 11.9. The van der Waals surface area contributed by atoms with Gasteiger partial charge in [-0.25, -0.2) is 4.79 Å². The van der Waals surface area contributed by atoms with Gasteiger partial charge in [-0.3, -0.25) is 24.2 Å². The van der Waals surface area contributed by atoms with Crippen molar-refractivity contribution in [1.82, 2.24) is 16.0 Å². The number of rotatable bonds is 15. The molecule has 0 rings (SSSR count). The third-order valence-electron chi connectivity index (χ3n) is 4.24. The molecule has 188 valence electrons. The van der Waals surface area contributed by atoms with Crippen LogP contribution in [-0.2, 0) is 24.0 Å². The molecule has 33 heavy (non-hydrogen) atoms. The first-order valence-electron chi connectivity index (χ1n) is 9.82. The number of aliphatic hydroxyl groups excluding tert-OH is 1. The van der Waals surface area contributed by atoms with E-state index in [-0.39, 0.29) is 31.1 Å². The summed E-state index contributed by atoms with van der Waals surface area (Å²) in [6.07, 6.45) is -1.65. The Hall–Kier alpha value is -3.11. The lowest BCUT2D eigenvalue weighted by molar-refractivity contribution is -0.142. The average Bonchev–Trinajstić information content (AvgIpc) is 2.71. The number of amides is 4. The Labute approximate surface area is 195 Å². The standard InChI is InChI=1S/C17H32N8O7S/c1-7(26)12(19)15(30)25-10(6-33)14(29)24-9(5-11(18)27)13(28)23-8(16(31)32)3-2-4-22-17(20)21/h7-10,12,26,33H,2-6,19H2,1H3,(H2,18,27)(H,23,28)(H,24,29)(H,25,30)(H,31,32)(H4,20,21,22). The second-order valence-electron chi connectivity index (χ2n) is 7.09. The number of carbonyl (C=O) groups excluding carboxylic acids is 4. The number of aliphatic hydroxyl groups is 1. The van der Waals surface area contributed by atoms with Crippen LogP contribution < -0.4 is 38.9 Å².